The molecule has 0 heterocycles. The van der Waals surface area contributed by atoms with Gasteiger partial charge in [-0.1, -0.05) is 40.5 Å². The summed E-state index contributed by atoms with van der Waals surface area (Å²) in [4.78, 5) is 25.3. The quantitative estimate of drug-likeness (QED) is 0.209. The summed E-state index contributed by atoms with van der Waals surface area (Å²) >= 11 is 0. The number of nitrogens with two attached hydrogens (primary N) is 1. The van der Waals surface area contributed by atoms with Gasteiger partial charge >= 0.3 is 0 Å². The Labute approximate surface area is 120 Å². The molecule has 0 aromatic heterocycles. The average Bonchev–Trinajstić information content (AvgIpc) is 2.39. The van der Waals surface area contributed by atoms with Crippen LogP contribution in [-0.2, 0) is 9.59 Å². The number of carbonyl (C=O) groups excluding carboxylic acids is 2. The molecule has 0 bridgehead atoms. The van der Waals surface area contributed by atoms with Gasteiger partial charge in [-0.25, -0.2) is 0 Å². The van der Waals surface area contributed by atoms with E-state index < -0.39 is 17.7 Å². The van der Waals surface area contributed by atoms with Gasteiger partial charge < -0.3 is 11.1 Å². The molecule has 3 N–H and O–H groups in total. The molecule has 0 saturated heterocycles. The third-order valence-corrected chi connectivity index (χ3v) is 4.90. The Hall–Kier alpha value is -1.05. The number of primary amides is 1. The smallest absolute Gasteiger partial charge is 0.223 e. The first kappa shape index (κ1) is 17.9. The Kier molecular flexibility index (Phi) is 10.2. The Morgan fingerprint density at radius 1 is 1.32 bits per heavy atom. The second-order valence-corrected chi connectivity index (χ2v) is 6.57. The predicted octanol–water partition coefficient (Wildman–Crippen LogP) is 1.55. The van der Waals surface area contributed by atoms with E-state index in [-0.39, 0.29) is 5.91 Å². The summed E-state index contributed by atoms with van der Waals surface area (Å²) in [6, 6.07) is 0. The molecule has 0 spiro atoms. The van der Waals surface area contributed by atoms with Crippen LogP contribution >= 0.6 is 21.6 Å². The highest BCUT2D eigenvalue weighted by atomic mass is 33.1. The molecule has 2 amide bonds. The second-order valence-electron chi connectivity index (χ2n) is 3.87. The maximum atomic E-state index is 11.7. The van der Waals surface area contributed by atoms with Crippen molar-refractivity contribution in [3.8, 4) is 0 Å². The zero-order chi connectivity index (χ0) is 14.7. The lowest BCUT2D eigenvalue weighted by molar-refractivity contribution is -0.131. The van der Waals surface area contributed by atoms with Crippen LogP contribution in [0.4, 0.5) is 0 Å². The minimum atomic E-state index is -0.467. The highest BCUT2D eigenvalue weighted by molar-refractivity contribution is 8.76. The van der Waals surface area contributed by atoms with Gasteiger partial charge in [0, 0.05) is 41.3 Å². The molecule has 0 aromatic rings. The first-order valence-electron chi connectivity index (χ1n) is 5.83. The zero-order valence-electron chi connectivity index (χ0n) is 11.0. The summed E-state index contributed by atoms with van der Waals surface area (Å²) in [7, 11) is 3.19. The lowest BCUT2D eigenvalue weighted by atomic mass is 9.95. The molecule has 0 aliphatic carbocycles. The summed E-state index contributed by atoms with van der Waals surface area (Å²) in [6.45, 7) is 4.33. The fourth-order valence-electron chi connectivity index (χ4n) is 1.09. The fraction of sp³-hybridized carbons (Fsp3) is 0.800. The van der Waals surface area contributed by atoms with Crippen LogP contribution in [0.15, 0.2) is 5.11 Å². The highest BCUT2D eigenvalue weighted by Crippen LogP contribution is 2.19. The third-order valence-electron chi connectivity index (χ3n) is 2.52. The Balaban J connectivity index is 3.63. The standard InChI is InChI=1S/C10H19N5O2S2/c1-7(9(11)16)8(2)10(17)13-3-5-18-19-6-4-14-15-12/h7-8H,3-6H2,1-2H3,(H2,11,16)(H,13,17). The molecule has 9 heteroatoms. The normalized spacial score (nSPS) is 13.2. The second kappa shape index (κ2) is 10.8. The van der Waals surface area contributed by atoms with Gasteiger partial charge in [-0.05, 0) is 5.53 Å². The van der Waals surface area contributed by atoms with Crippen LogP contribution in [0.5, 0.6) is 0 Å². The average molecular weight is 305 g/mol. The fourth-order valence-corrected chi connectivity index (χ4v) is 2.85. The monoisotopic (exact) mass is 305 g/mol. The van der Waals surface area contributed by atoms with Gasteiger partial charge in [-0.2, -0.15) is 0 Å². The van der Waals surface area contributed by atoms with E-state index in [1.807, 2.05) is 0 Å². The number of carbonyl (C=O) groups is 2. The minimum absolute atomic E-state index is 0.161. The van der Waals surface area contributed by atoms with E-state index in [0.29, 0.717) is 13.1 Å². The van der Waals surface area contributed by atoms with Gasteiger partial charge in [0.1, 0.15) is 0 Å². The maximum Gasteiger partial charge on any atom is 0.223 e. The predicted molar refractivity (Wildman–Crippen MR) is 79.5 cm³/mol. The Morgan fingerprint density at radius 2 is 1.95 bits per heavy atom. The zero-order valence-corrected chi connectivity index (χ0v) is 12.7. The van der Waals surface area contributed by atoms with Gasteiger partial charge in [-0.15, -0.1) is 0 Å². The molecule has 2 unspecified atom stereocenters. The molecule has 19 heavy (non-hydrogen) atoms. The number of azide groups is 1. The van der Waals surface area contributed by atoms with Crippen LogP contribution in [-0.4, -0.2) is 36.4 Å². The van der Waals surface area contributed by atoms with E-state index in [9.17, 15) is 9.59 Å². The van der Waals surface area contributed by atoms with Crippen LogP contribution < -0.4 is 11.1 Å². The van der Waals surface area contributed by atoms with Crippen molar-refractivity contribution in [3.05, 3.63) is 10.4 Å². The van der Waals surface area contributed by atoms with Crippen molar-refractivity contribution in [2.45, 2.75) is 13.8 Å². The van der Waals surface area contributed by atoms with Gasteiger partial charge in [0.25, 0.3) is 0 Å². The molecule has 0 saturated carbocycles. The summed E-state index contributed by atoms with van der Waals surface area (Å²) in [5.41, 5.74) is 13.2. The van der Waals surface area contributed by atoms with Crippen molar-refractivity contribution in [2.75, 3.05) is 24.6 Å². The number of rotatable bonds is 10. The molecule has 0 aliphatic heterocycles. The molecule has 7 nitrogen and oxygen atoms in total. The summed E-state index contributed by atoms with van der Waals surface area (Å²) < 4.78 is 0. The van der Waals surface area contributed by atoms with Gasteiger partial charge in [0.05, 0.1) is 0 Å². The van der Waals surface area contributed by atoms with Crippen molar-refractivity contribution in [3.63, 3.8) is 0 Å². The number of nitrogens with zero attached hydrogens (tertiary/aromatic N) is 3. The molecule has 108 valence electrons. The first-order valence-corrected chi connectivity index (χ1v) is 8.31. The van der Waals surface area contributed by atoms with Crippen molar-refractivity contribution < 1.29 is 9.59 Å². The van der Waals surface area contributed by atoms with Crippen LogP contribution in [0.2, 0.25) is 0 Å². The SMILES string of the molecule is CC(C(N)=O)C(C)C(=O)NCCSSCCN=[N+]=[N-]. The van der Waals surface area contributed by atoms with E-state index in [1.54, 1.807) is 35.4 Å². The van der Waals surface area contributed by atoms with Crippen molar-refractivity contribution in [1.82, 2.24) is 5.32 Å². The number of nitrogens with one attached hydrogen (secondary N) is 1. The maximum absolute atomic E-state index is 11.7. The molecular formula is C10H19N5O2S2. The first-order chi connectivity index (χ1) is 9.00. The number of hydrogen-bond acceptors (Lipinski definition) is 5. The molecule has 0 radical (unpaired) electrons. The van der Waals surface area contributed by atoms with Gasteiger partial charge in [-0.3, -0.25) is 9.59 Å². The van der Waals surface area contributed by atoms with E-state index in [1.165, 1.54) is 0 Å². The summed E-state index contributed by atoms with van der Waals surface area (Å²) in [5.74, 6) is -0.00937. The van der Waals surface area contributed by atoms with Crippen LogP contribution in [0.25, 0.3) is 10.4 Å². The number of amides is 2. The van der Waals surface area contributed by atoms with Crippen LogP contribution in [0.1, 0.15) is 13.8 Å². The Morgan fingerprint density at radius 3 is 2.53 bits per heavy atom. The van der Waals surface area contributed by atoms with Gasteiger partial charge in [0.15, 0.2) is 0 Å². The van der Waals surface area contributed by atoms with Gasteiger partial charge in [0.2, 0.25) is 11.8 Å². The largest absolute Gasteiger partial charge is 0.369 e. The Bertz CT molecular complexity index is 347. The van der Waals surface area contributed by atoms with E-state index >= 15 is 0 Å². The molecule has 0 rings (SSSR count). The van der Waals surface area contributed by atoms with E-state index in [2.05, 4.69) is 15.3 Å². The lowest BCUT2D eigenvalue weighted by Gasteiger charge is -2.16. The van der Waals surface area contributed by atoms with Crippen molar-refractivity contribution in [1.29, 1.82) is 0 Å². The molecule has 0 fully saturated rings. The van der Waals surface area contributed by atoms with Crippen LogP contribution in [0, 0.1) is 11.8 Å². The van der Waals surface area contributed by atoms with Crippen molar-refractivity contribution >= 4 is 33.4 Å². The lowest BCUT2D eigenvalue weighted by Crippen LogP contribution is -2.38. The van der Waals surface area contributed by atoms with E-state index in [4.69, 9.17) is 11.3 Å². The number of hydrogen-bond donors (Lipinski definition) is 2. The van der Waals surface area contributed by atoms with E-state index in [0.717, 1.165) is 11.5 Å². The minimum Gasteiger partial charge on any atom is -0.369 e. The van der Waals surface area contributed by atoms with Crippen molar-refractivity contribution in [2.24, 2.45) is 22.7 Å². The molecular weight excluding hydrogens is 286 g/mol. The van der Waals surface area contributed by atoms with Crippen LogP contribution in [0.3, 0.4) is 0 Å². The molecule has 0 aliphatic rings. The third kappa shape index (κ3) is 8.63. The topological polar surface area (TPSA) is 121 Å². The summed E-state index contributed by atoms with van der Waals surface area (Å²) in [6.07, 6.45) is 0. The summed E-state index contributed by atoms with van der Waals surface area (Å²) in [5, 5.41) is 6.17. The molecule has 0 aromatic carbocycles. The molecule has 2 atom stereocenters. The highest BCUT2D eigenvalue weighted by Gasteiger charge is 2.23.